The number of pyridine rings is 1. The van der Waals surface area contributed by atoms with E-state index in [0.29, 0.717) is 39.8 Å². The topological polar surface area (TPSA) is 145 Å². The second-order valence-electron chi connectivity index (χ2n) is 15.9. The number of imide groups is 1. The molecule has 1 unspecified atom stereocenters. The van der Waals surface area contributed by atoms with Crippen LogP contribution in [0.1, 0.15) is 91.6 Å². The van der Waals surface area contributed by atoms with Gasteiger partial charge in [0.2, 0.25) is 11.8 Å². The lowest BCUT2D eigenvalue weighted by Crippen LogP contribution is -2.44. The smallest absolute Gasteiger partial charge is 0.433 e. The van der Waals surface area contributed by atoms with Gasteiger partial charge in [-0.3, -0.25) is 33.5 Å². The Balaban J connectivity index is 0.829. The van der Waals surface area contributed by atoms with Crippen LogP contribution >= 0.6 is 0 Å². The molecule has 1 saturated carbocycles. The number of alkyl halides is 3. The Morgan fingerprint density at radius 3 is 2.47 bits per heavy atom. The Bertz CT molecular complexity index is 2550. The van der Waals surface area contributed by atoms with Crippen LogP contribution in [0.4, 0.5) is 18.9 Å². The van der Waals surface area contributed by atoms with Gasteiger partial charge in [-0.2, -0.15) is 18.3 Å². The average molecular weight is 811 g/mol. The minimum absolute atomic E-state index is 0.188. The van der Waals surface area contributed by atoms with E-state index in [1.165, 1.54) is 22.3 Å². The lowest BCUT2D eigenvalue weighted by Gasteiger charge is -2.36. The summed E-state index contributed by atoms with van der Waals surface area (Å²) in [7, 11) is 3.14. The molecule has 16 heteroatoms. The molecule has 2 saturated heterocycles. The molecule has 5 heterocycles. The van der Waals surface area contributed by atoms with Crippen molar-refractivity contribution in [2.24, 2.45) is 18.9 Å². The molecule has 5 aromatic rings. The Morgan fingerprint density at radius 2 is 1.75 bits per heavy atom. The number of piperidine rings is 2. The largest absolute Gasteiger partial charge is 0.494 e. The molecule has 1 aliphatic carbocycles. The van der Waals surface area contributed by atoms with Crippen LogP contribution in [0.5, 0.6) is 5.75 Å². The number of hydrogen-bond donors (Lipinski definition) is 2. The van der Waals surface area contributed by atoms with Gasteiger partial charge in [-0.15, -0.1) is 0 Å². The highest BCUT2D eigenvalue weighted by atomic mass is 19.4. The molecule has 59 heavy (non-hydrogen) atoms. The number of aromatic nitrogens is 5. The number of likely N-dealkylation sites (tertiary alicyclic amines) is 1. The van der Waals surface area contributed by atoms with Crippen molar-refractivity contribution < 1.29 is 32.3 Å². The van der Waals surface area contributed by atoms with Crippen LogP contribution in [0.2, 0.25) is 0 Å². The number of aryl methyl sites for hydroxylation is 1. The van der Waals surface area contributed by atoms with Crippen LogP contribution < -0.4 is 21.1 Å². The quantitative estimate of drug-likeness (QED) is 0.139. The molecular formula is C43H45F3N8O5. The van der Waals surface area contributed by atoms with E-state index in [0.717, 1.165) is 87.7 Å². The monoisotopic (exact) mass is 810 g/mol. The molecule has 13 nitrogen and oxygen atoms in total. The molecule has 1 atom stereocenters. The van der Waals surface area contributed by atoms with E-state index in [1.54, 1.807) is 19.2 Å². The highest BCUT2D eigenvalue weighted by Gasteiger charge is 2.34. The summed E-state index contributed by atoms with van der Waals surface area (Å²) < 4.78 is 50.0. The van der Waals surface area contributed by atoms with Crippen LogP contribution in [0, 0.1) is 23.7 Å². The van der Waals surface area contributed by atoms with Crippen molar-refractivity contribution >= 4 is 45.3 Å². The molecular weight excluding hydrogens is 766 g/mol. The highest BCUT2D eigenvalue weighted by molar-refractivity contribution is 6.05. The molecule has 2 aromatic carbocycles. The summed E-state index contributed by atoms with van der Waals surface area (Å²) in [5.74, 6) is 6.56. The number of amides is 3. The number of halogens is 3. The first-order valence-corrected chi connectivity index (χ1v) is 20.0. The summed E-state index contributed by atoms with van der Waals surface area (Å²) in [6, 6.07) is 11.7. The lowest BCUT2D eigenvalue weighted by molar-refractivity contribution is -0.141. The molecule has 3 aromatic heterocycles. The van der Waals surface area contributed by atoms with Gasteiger partial charge in [0.1, 0.15) is 23.2 Å². The van der Waals surface area contributed by atoms with Gasteiger partial charge in [0.25, 0.3) is 5.91 Å². The number of benzene rings is 2. The van der Waals surface area contributed by atoms with Crippen molar-refractivity contribution in [1.29, 1.82) is 0 Å². The Morgan fingerprint density at radius 1 is 0.983 bits per heavy atom. The molecule has 3 amide bonds. The number of carbonyl (C=O) groups excluding carboxylic acids is 3. The molecule has 2 N–H and O–H groups in total. The van der Waals surface area contributed by atoms with Gasteiger partial charge >= 0.3 is 11.9 Å². The van der Waals surface area contributed by atoms with Gasteiger partial charge in [0.15, 0.2) is 0 Å². The van der Waals surface area contributed by atoms with Crippen LogP contribution in [-0.2, 0) is 22.8 Å². The zero-order valence-corrected chi connectivity index (χ0v) is 32.8. The molecule has 3 fully saturated rings. The fraction of sp³-hybridized carbons (Fsp3) is 0.442. The summed E-state index contributed by atoms with van der Waals surface area (Å²) in [6.45, 7) is 3.12. The van der Waals surface area contributed by atoms with Gasteiger partial charge in [-0.1, -0.05) is 24.0 Å². The first-order chi connectivity index (χ1) is 28.4. The number of fused-ring (bicyclic) bond motifs is 2. The minimum Gasteiger partial charge on any atom is -0.494 e. The zero-order chi connectivity index (χ0) is 41.4. The average Bonchev–Trinajstić information content (AvgIpc) is 3.75. The maximum atomic E-state index is 13.3. The molecule has 8 rings (SSSR count). The number of carbonyl (C=O) groups is 3. The van der Waals surface area contributed by atoms with Crippen molar-refractivity contribution in [3.8, 4) is 17.6 Å². The van der Waals surface area contributed by atoms with Crippen molar-refractivity contribution in [1.82, 2.24) is 34.1 Å². The number of para-hydroxylation sites is 1. The fourth-order valence-electron chi connectivity index (χ4n) is 8.82. The maximum Gasteiger partial charge on any atom is 0.433 e. The van der Waals surface area contributed by atoms with Gasteiger partial charge in [0, 0.05) is 44.1 Å². The van der Waals surface area contributed by atoms with E-state index in [9.17, 15) is 32.3 Å². The van der Waals surface area contributed by atoms with Crippen LogP contribution in [0.15, 0.2) is 59.5 Å². The van der Waals surface area contributed by atoms with E-state index in [4.69, 9.17) is 9.84 Å². The number of nitrogens with zero attached hydrogens (tertiary/aromatic N) is 6. The highest BCUT2D eigenvalue weighted by Crippen LogP contribution is 2.36. The third-order valence-electron chi connectivity index (χ3n) is 12.0. The number of imidazole rings is 1. The summed E-state index contributed by atoms with van der Waals surface area (Å²) in [5.41, 5.74) is 1.27. The third kappa shape index (κ3) is 8.34. The van der Waals surface area contributed by atoms with Crippen molar-refractivity contribution in [2.45, 2.75) is 76.0 Å². The van der Waals surface area contributed by atoms with E-state index < -0.39 is 29.7 Å². The Labute approximate surface area is 337 Å². The van der Waals surface area contributed by atoms with E-state index in [1.807, 2.05) is 29.1 Å². The van der Waals surface area contributed by atoms with Gasteiger partial charge < -0.3 is 15.0 Å². The normalized spacial score (nSPS) is 20.7. The molecule has 0 radical (unpaired) electrons. The number of anilines is 1. The number of hydrogen-bond acceptors (Lipinski definition) is 8. The third-order valence-corrected chi connectivity index (χ3v) is 12.0. The van der Waals surface area contributed by atoms with Crippen LogP contribution in [0.3, 0.4) is 0 Å². The number of ether oxygens (including phenoxy) is 1. The van der Waals surface area contributed by atoms with Crippen LogP contribution in [0.25, 0.3) is 21.9 Å². The summed E-state index contributed by atoms with van der Waals surface area (Å²) in [5, 5.41) is 10.6. The number of rotatable bonds is 8. The van der Waals surface area contributed by atoms with Gasteiger partial charge in [0.05, 0.1) is 41.0 Å². The fourth-order valence-corrected chi connectivity index (χ4v) is 8.82. The van der Waals surface area contributed by atoms with E-state index in [-0.39, 0.29) is 36.2 Å². The molecule has 0 spiro atoms. The van der Waals surface area contributed by atoms with Crippen molar-refractivity contribution in [3.05, 3.63) is 82.2 Å². The standard InChI is InChI=1S/C43H45F3N8O5/c1-51-39-28(8-4-10-34(39)54(42(51)58)35-16-17-38(55)49-41(35)57)7-3-6-26-18-20-52(21-19-26)24-27-12-14-30(15-13-27)53-25-29-22-33(36(59-2)23-32(29)50-53)48-40(56)31-9-5-11-37(47-31)43(44,45)46/h4-5,8-11,22-23,25-27,30,35H,6,12-21,24H2,1-2H3,(H,48,56)(H,49,55,57)/t27-,30-,35?. The lowest BCUT2D eigenvalue weighted by atomic mass is 9.85. The van der Waals surface area contributed by atoms with Crippen LogP contribution in [-0.4, -0.2) is 73.3 Å². The predicted octanol–water partition coefficient (Wildman–Crippen LogP) is 6.23. The van der Waals surface area contributed by atoms with Crippen molar-refractivity contribution in [2.75, 3.05) is 32.1 Å². The molecule has 308 valence electrons. The van der Waals surface area contributed by atoms with E-state index >= 15 is 0 Å². The summed E-state index contributed by atoms with van der Waals surface area (Å²) in [6.07, 6.45) is 4.80. The zero-order valence-electron chi connectivity index (χ0n) is 32.8. The molecule has 0 bridgehead atoms. The second kappa shape index (κ2) is 16.4. The number of methoxy groups -OCH3 is 1. The first kappa shape index (κ1) is 39.9. The predicted molar refractivity (Wildman–Crippen MR) is 214 cm³/mol. The SMILES string of the molecule is COc1cc2nn([C@H]3CC[C@H](CN4CCC(CC#Cc5cccc6c5n(C)c(=O)n6C5CCC(=O)NC5=O)CC4)CC3)cc2cc1NC(=O)c1cccc(C(F)(F)F)n1. The number of nitrogens with one attached hydrogen (secondary N) is 2. The minimum atomic E-state index is -4.67. The summed E-state index contributed by atoms with van der Waals surface area (Å²) >= 11 is 0. The van der Waals surface area contributed by atoms with Gasteiger partial charge in [-0.25, -0.2) is 9.78 Å². The molecule has 2 aliphatic heterocycles. The van der Waals surface area contributed by atoms with Gasteiger partial charge in [-0.05, 0) is 100 Å². The second-order valence-corrected chi connectivity index (χ2v) is 15.9. The van der Waals surface area contributed by atoms with Crippen molar-refractivity contribution in [3.63, 3.8) is 0 Å². The Kier molecular flexibility index (Phi) is 11.1. The first-order valence-electron chi connectivity index (χ1n) is 20.0. The molecule has 3 aliphatic rings. The Hall–Kier alpha value is -5.95. The maximum absolute atomic E-state index is 13.3. The van der Waals surface area contributed by atoms with E-state index in [2.05, 4.69) is 32.4 Å². The summed E-state index contributed by atoms with van der Waals surface area (Å²) in [4.78, 5) is 56.5.